The number of hydrogen-bond acceptors (Lipinski definition) is 4. The molecule has 0 aromatic heterocycles. The van der Waals surface area contributed by atoms with E-state index in [1.54, 1.807) is 0 Å². The van der Waals surface area contributed by atoms with Gasteiger partial charge in [0.15, 0.2) is 6.10 Å². The first kappa shape index (κ1) is 10.4. The van der Waals surface area contributed by atoms with E-state index in [1.165, 1.54) is 11.8 Å². The summed E-state index contributed by atoms with van der Waals surface area (Å²) in [6.45, 7) is 2.32. The van der Waals surface area contributed by atoms with E-state index in [9.17, 15) is 9.59 Å². The SMILES string of the molecule is CC(=O)N1CC(C(=O)O)OC2COCC21. The lowest BCUT2D eigenvalue weighted by molar-refractivity contribution is -0.171. The summed E-state index contributed by atoms with van der Waals surface area (Å²) < 4.78 is 10.5. The summed E-state index contributed by atoms with van der Waals surface area (Å²) in [6, 6.07) is -0.127. The molecule has 0 aromatic carbocycles. The molecule has 6 heteroatoms. The van der Waals surface area contributed by atoms with Crippen LogP contribution in [0.15, 0.2) is 0 Å². The van der Waals surface area contributed by atoms with Gasteiger partial charge in [-0.15, -0.1) is 0 Å². The molecule has 2 rings (SSSR count). The van der Waals surface area contributed by atoms with E-state index < -0.39 is 12.1 Å². The van der Waals surface area contributed by atoms with Crippen molar-refractivity contribution in [1.82, 2.24) is 4.90 Å². The summed E-state index contributed by atoms with van der Waals surface area (Å²) in [5.41, 5.74) is 0. The second kappa shape index (κ2) is 3.79. The van der Waals surface area contributed by atoms with Gasteiger partial charge in [-0.3, -0.25) is 4.79 Å². The largest absolute Gasteiger partial charge is 0.479 e. The lowest BCUT2D eigenvalue weighted by atomic mass is 10.1. The van der Waals surface area contributed by atoms with Crippen molar-refractivity contribution in [3.63, 3.8) is 0 Å². The Morgan fingerprint density at radius 2 is 2.13 bits per heavy atom. The quantitative estimate of drug-likeness (QED) is 0.612. The van der Waals surface area contributed by atoms with Crippen LogP contribution in [0.4, 0.5) is 0 Å². The molecule has 0 bridgehead atoms. The summed E-state index contributed by atoms with van der Waals surface area (Å²) in [4.78, 5) is 23.7. The maximum Gasteiger partial charge on any atom is 0.334 e. The van der Waals surface area contributed by atoms with E-state index in [2.05, 4.69) is 0 Å². The minimum absolute atomic E-state index is 0.106. The fourth-order valence-electron chi connectivity index (χ4n) is 2.01. The number of fused-ring (bicyclic) bond motifs is 1. The third-order valence-electron chi connectivity index (χ3n) is 2.78. The topological polar surface area (TPSA) is 76.1 Å². The van der Waals surface area contributed by atoms with Crippen molar-refractivity contribution in [2.45, 2.75) is 25.2 Å². The van der Waals surface area contributed by atoms with E-state index in [0.717, 1.165) is 0 Å². The number of morpholine rings is 1. The number of carboxylic acids is 1. The summed E-state index contributed by atoms with van der Waals surface area (Å²) in [7, 11) is 0. The van der Waals surface area contributed by atoms with Gasteiger partial charge < -0.3 is 19.5 Å². The zero-order chi connectivity index (χ0) is 11.0. The summed E-state index contributed by atoms with van der Waals surface area (Å²) >= 11 is 0. The molecule has 6 nitrogen and oxygen atoms in total. The van der Waals surface area contributed by atoms with E-state index in [-0.39, 0.29) is 24.6 Å². The van der Waals surface area contributed by atoms with Gasteiger partial charge in [0.05, 0.1) is 25.8 Å². The number of hydrogen-bond donors (Lipinski definition) is 1. The van der Waals surface area contributed by atoms with Crippen molar-refractivity contribution in [2.75, 3.05) is 19.8 Å². The van der Waals surface area contributed by atoms with Crippen molar-refractivity contribution >= 4 is 11.9 Å². The van der Waals surface area contributed by atoms with Gasteiger partial charge in [0.1, 0.15) is 6.10 Å². The number of carbonyl (C=O) groups is 2. The van der Waals surface area contributed by atoms with Gasteiger partial charge in [0, 0.05) is 6.92 Å². The Bertz CT molecular complexity index is 292. The lowest BCUT2D eigenvalue weighted by Crippen LogP contribution is -2.57. The number of nitrogens with zero attached hydrogens (tertiary/aromatic N) is 1. The predicted molar refractivity (Wildman–Crippen MR) is 48.3 cm³/mol. The van der Waals surface area contributed by atoms with Crippen LogP contribution in [0.2, 0.25) is 0 Å². The highest BCUT2D eigenvalue weighted by Crippen LogP contribution is 2.23. The minimum atomic E-state index is -1.04. The van der Waals surface area contributed by atoms with E-state index in [4.69, 9.17) is 14.6 Å². The number of amides is 1. The average molecular weight is 215 g/mol. The number of aliphatic carboxylic acids is 1. The van der Waals surface area contributed by atoms with Crippen molar-refractivity contribution in [3.8, 4) is 0 Å². The number of carbonyl (C=O) groups excluding carboxylic acids is 1. The lowest BCUT2D eigenvalue weighted by Gasteiger charge is -2.38. The van der Waals surface area contributed by atoms with E-state index in [1.807, 2.05) is 0 Å². The van der Waals surface area contributed by atoms with E-state index in [0.29, 0.717) is 13.2 Å². The van der Waals surface area contributed by atoms with Crippen molar-refractivity contribution < 1.29 is 24.2 Å². The summed E-state index contributed by atoms with van der Waals surface area (Å²) in [5, 5.41) is 8.85. The predicted octanol–water partition coefficient (Wildman–Crippen LogP) is -0.914. The first-order valence-corrected chi connectivity index (χ1v) is 4.83. The number of ether oxygens (including phenoxy) is 2. The van der Waals surface area contributed by atoms with Crippen LogP contribution in [0.1, 0.15) is 6.92 Å². The molecule has 2 heterocycles. The highest BCUT2D eigenvalue weighted by atomic mass is 16.6. The Kier molecular flexibility index (Phi) is 2.62. The normalized spacial score (nSPS) is 35.0. The van der Waals surface area contributed by atoms with Gasteiger partial charge in [0.25, 0.3) is 0 Å². The molecule has 0 saturated carbocycles. The van der Waals surface area contributed by atoms with Crippen LogP contribution >= 0.6 is 0 Å². The molecule has 0 radical (unpaired) electrons. The van der Waals surface area contributed by atoms with Crippen molar-refractivity contribution in [1.29, 1.82) is 0 Å². The first-order valence-electron chi connectivity index (χ1n) is 4.83. The molecule has 2 aliphatic heterocycles. The van der Waals surface area contributed by atoms with Gasteiger partial charge >= 0.3 is 5.97 Å². The molecule has 15 heavy (non-hydrogen) atoms. The molecular formula is C9H13NO5. The van der Waals surface area contributed by atoms with Gasteiger partial charge in [-0.25, -0.2) is 4.79 Å². The zero-order valence-corrected chi connectivity index (χ0v) is 8.38. The van der Waals surface area contributed by atoms with Gasteiger partial charge in [0.2, 0.25) is 5.91 Å². The Labute approximate surface area is 86.8 Å². The Hall–Kier alpha value is -1.14. The minimum Gasteiger partial charge on any atom is -0.479 e. The second-order valence-corrected chi connectivity index (χ2v) is 3.78. The fraction of sp³-hybridized carbons (Fsp3) is 0.778. The molecule has 0 aliphatic carbocycles. The monoisotopic (exact) mass is 215 g/mol. The number of rotatable bonds is 1. The van der Waals surface area contributed by atoms with Crippen LogP contribution in [0, 0.1) is 0 Å². The smallest absolute Gasteiger partial charge is 0.334 e. The van der Waals surface area contributed by atoms with Crippen LogP contribution in [0.25, 0.3) is 0 Å². The van der Waals surface area contributed by atoms with Gasteiger partial charge in [-0.05, 0) is 0 Å². The summed E-state index contributed by atoms with van der Waals surface area (Å²) in [6.07, 6.45) is -1.24. The molecular weight excluding hydrogens is 202 g/mol. The van der Waals surface area contributed by atoms with Crippen LogP contribution < -0.4 is 0 Å². The molecule has 84 valence electrons. The van der Waals surface area contributed by atoms with Crippen LogP contribution in [0.5, 0.6) is 0 Å². The maximum atomic E-state index is 11.3. The van der Waals surface area contributed by atoms with Crippen molar-refractivity contribution in [2.24, 2.45) is 0 Å². The third kappa shape index (κ3) is 1.82. The van der Waals surface area contributed by atoms with Gasteiger partial charge in [-0.1, -0.05) is 0 Å². The molecule has 0 aromatic rings. The van der Waals surface area contributed by atoms with Crippen molar-refractivity contribution in [3.05, 3.63) is 0 Å². The molecule has 3 unspecified atom stereocenters. The first-order chi connectivity index (χ1) is 7.09. The van der Waals surface area contributed by atoms with Crippen LogP contribution in [0.3, 0.4) is 0 Å². The highest BCUT2D eigenvalue weighted by molar-refractivity contribution is 5.77. The molecule has 3 atom stereocenters. The molecule has 2 saturated heterocycles. The molecule has 1 N–H and O–H groups in total. The van der Waals surface area contributed by atoms with E-state index >= 15 is 0 Å². The summed E-state index contributed by atoms with van der Waals surface area (Å²) in [5.74, 6) is -1.17. The maximum absolute atomic E-state index is 11.3. The van der Waals surface area contributed by atoms with Crippen LogP contribution in [-0.2, 0) is 19.1 Å². The Balaban J connectivity index is 2.15. The Morgan fingerprint density at radius 3 is 2.73 bits per heavy atom. The standard InChI is InChI=1S/C9H13NO5/c1-5(11)10-2-7(9(12)13)15-8-4-14-3-6(8)10/h6-8H,2-4H2,1H3,(H,12,13). The highest BCUT2D eigenvalue weighted by Gasteiger charge is 2.44. The zero-order valence-electron chi connectivity index (χ0n) is 8.38. The second-order valence-electron chi connectivity index (χ2n) is 3.78. The fourth-order valence-corrected chi connectivity index (χ4v) is 2.01. The Morgan fingerprint density at radius 1 is 1.40 bits per heavy atom. The number of carboxylic acid groups (broad SMARTS) is 1. The van der Waals surface area contributed by atoms with Crippen LogP contribution in [-0.4, -0.2) is 59.9 Å². The molecule has 2 aliphatic rings. The third-order valence-corrected chi connectivity index (χ3v) is 2.78. The molecule has 1 amide bonds. The average Bonchev–Trinajstić information content (AvgIpc) is 2.62. The molecule has 2 fully saturated rings. The molecule has 0 spiro atoms. The van der Waals surface area contributed by atoms with Gasteiger partial charge in [-0.2, -0.15) is 0 Å².